The Labute approximate surface area is 127 Å². The molecular formula is C14H14Cl2N2O2. The summed E-state index contributed by atoms with van der Waals surface area (Å²) in [6.07, 6.45) is 1.00. The number of hydrogen-bond acceptors (Lipinski definition) is 4. The Balaban J connectivity index is 2.24. The fraction of sp³-hybridized carbons (Fsp3) is 0.357. The van der Waals surface area contributed by atoms with Gasteiger partial charge in [0.2, 0.25) is 5.89 Å². The van der Waals surface area contributed by atoms with Crippen LogP contribution in [0.25, 0.3) is 0 Å². The first-order valence-corrected chi connectivity index (χ1v) is 7.04. The van der Waals surface area contributed by atoms with E-state index in [1.54, 1.807) is 18.2 Å². The highest BCUT2D eigenvalue weighted by Gasteiger charge is 2.22. The smallest absolute Gasteiger partial charge is 0.237 e. The van der Waals surface area contributed by atoms with E-state index in [-0.39, 0.29) is 11.7 Å². The predicted molar refractivity (Wildman–Crippen MR) is 77.3 cm³/mol. The molecule has 0 radical (unpaired) electrons. The van der Waals surface area contributed by atoms with Crippen LogP contribution in [-0.4, -0.2) is 15.9 Å². The summed E-state index contributed by atoms with van der Waals surface area (Å²) in [5, 5.41) is 5.00. The quantitative estimate of drug-likeness (QED) is 0.835. The maximum absolute atomic E-state index is 11.5. The van der Waals surface area contributed by atoms with Gasteiger partial charge in [-0.3, -0.25) is 4.79 Å². The maximum Gasteiger partial charge on any atom is 0.237 e. The zero-order valence-corrected chi connectivity index (χ0v) is 12.7. The van der Waals surface area contributed by atoms with Crippen LogP contribution in [0.2, 0.25) is 10.0 Å². The Morgan fingerprint density at radius 3 is 2.55 bits per heavy atom. The standard InChI is InChI=1S/C14H14Cl2N2O2/c1-3-9(8(2)19)14-17-13(18-20-14)7-10-11(15)5-4-6-12(10)16/h4-6,9H,3,7H2,1-2H3. The number of aromatic nitrogens is 2. The van der Waals surface area contributed by atoms with Crippen molar-refractivity contribution in [2.24, 2.45) is 0 Å². The van der Waals surface area contributed by atoms with E-state index in [1.807, 2.05) is 6.92 Å². The van der Waals surface area contributed by atoms with E-state index in [9.17, 15) is 4.79 Å². The molecule has 2 aromatic rings. The van der Waals surface area contributed by atoms with Gasteiger partial charge in [0, 0.05) is 16.5 Å². The van der Waals surface area contributed by atoms with Crippen molar-refractivity contribution >= 4 is 29.0 Å². The van der Waals surface area contributed by atoms with Gasteiger partial charge < -0.3 is 4.52 Å². The first-order chi connectivity index (χ1) is 9.52. The zero-order chi connectivity index (χ0) is 14.7. The number of benzene rings is 1. The van der Waals surface area contributed by atoms with E-state index in [1.165, 1.54) is 6.92 Å². The Kier molecular flexibility index (Phi) is 4.78. The molecule has 1 aromatic heterocycles. The van der Waals surface area contributed by atoms with E-state index in [4.69, 9.17) is 27.7 Å². The molecular weight excluding hydrogens is 299 g/mol. The third kappa shape index (κ3) is 3.19. The summed E-state index contributed by atoms with van der Waals surface area (Å²) in [4.78, 5) is 15.7. The molecule has 4 nitrogen and oxygen atoms in total. The molecule has 0 aliphatic rings. The van der Waals surface area contributed by atoms with Crippen LogP contribution in [0.1, 0.15) is 43.5 Å². The van der Waals surface area contributed by atoms with Gasteiger partial charge in [-0.25, -0.2) is 0 Å². The Bertz CT molecular complexity index is 605. The van der Waals surface area contributed by atoms with Gasteiger partial charge in [-0.1, -0.05) is 41.3 Å². The van der Waals surface area contributed by atoms with E-state index in [2.05, 4.69) is 10.1 Å². The van der Waals surface area contributed by atoms with E-state index >= 15 is 0 Å². The lowest BCUT2D eigenvalue weighted by Gasteiger charge is -2.04. The first kappa shape index (κ1) is 15.0. The Morgan fingerprint density at radius 2 is 2.00 bits per heavy atom. The van der Waals surface area contributed by atoms with E-state index in [0.29, 0.717) is 34.6 Å². The fourth-order valence-electron chi connectivity index (χ4n) is 1.98. The lowest BCUT2D eigenvalue weighted by Crippen LogP contribution is -2.08. The molecule has 20 heavy (non-hydrogen) atoms. The van der Waals surface area contributed by atoms with Crippen molar-refractivity contribution < 1.29 is 9.32 Å². The van der Waals surface area contributed by atoms with Crippen molar-refractivity contribution in [2.75, 3.05) is 0 Å². The summed E-state index contributed by atoms with van der Waals surface area (Å²) in [5.41, 5.74) is 0.749. The number of nitrogens with zero attached hydrogens (tertiary/aromatic N) is 2. The van der Waals surface area contributed by atoms with Crippen molar-refractivity contribution in [3.05, 3.63) is 45.5 Å². The number of halogens is 2. The van der Waals surface area contributed by atoms with Gasteiger partial charge in [-0.15, -0.1) is 0 Å². The number of ketones is 1. The monoisotopic (exact) mass is 312 g/mol. The maximum atomic E-state index is 11.5. The van der Waals surface area contributed by atoms with Gasteiger partial charge in [0.1, 0.15) is 5.78 Å². The number of rotatable bonds is 5. The molecule has 0 bridgehead atoms. The summed E-state index contributed by atoms with van der Waals surface area (Å²) < 4.78 is 5.16. The summed E-state index contributed by atoms with van der Waals surface area (Å²) in [6, 6.07) is 5.29. The second-order valence-electron chi connectivity index (χ2n) is 4.50. The molecule has 0 saturated heterocycles. The largest absolute Gasteiger partial charge is 0.339 e. The molecule has 1 aromatic carbocycles. The number of carbonyl (C=O) groups excluding carboxylic acids is 1. The molecule has 106 valence electrons. The van der Waals surface area contributed by atoms with Crippen LogP contribution in [0.5, 0.6) is 0 Å². The summed E-state index contributed by atoms with van der Waals surface area (Å²) in [6.45, 7) is 3.42. The number of carbonyl (C=O) groups is 1. The van der Waals surface area contributed by atoms with Crippen molar-refractivity contribution in [1.29, 1.82) is 0 Å². The molecule has 1 atom stereocenters. The molecule has 0 fully saturated rings. The average Bonchev–Trinajstić information content (AvgIpc) is 2.83. The van der Waals surface area contributed by atoms with Crippen molar-refractivity contribution in [1.82, 2.24) is 10.1 Å². The molecule has 0 N–H and O–H groups in total. The van der Waals surface area contributed by atoms with Gasteiger partial charge in [-0.05, 0) is 31.0 Å². The van der Waals surface area contributed by atoms with Crippen LogP contribution < -0.4 is 0 Å². The molecule has 0 aliphatic carbocycles. The Morgan fingerprint density at radius 1 is 1.35 bits per heavy atom. The molecule has 2 rings (SSSR count). The molecule has 0 amide bonds. The van der Waals surface area contributed by atoms with Crippen molar-refractivity contribution in [3.63, 3.8) is 0 Å². The lowest BCUT2D eigenvalue weighted by molar-refractivity contribution is -0.119. The normalized spacial score (nSPS) is 12.4. The van der Waals surface area contributed by atoms with Crippen LogP contribution in [0.15, 0.2) is 22.7 Å². The van der Waals surface area contributed by atoms with Crippen LogP contribution in [0.4, 0.5) is 0 Å². The molecule has 6 heteroatoms. The summed E-state index contributed by atoms with van der Waals surface area (Å²) in [5.74, 6) is 0.476. The topological polar surface area (TPSA) is 56.0 Å². The zero-order valence-electron chi connectivity index (χ0n) is 11.2. The third-order valence-electron chi connectivity index (χ3n) is 3.08. The summed E-state index contributed by atoms with van der Waals surface area (Å²) >= 11 is 12.2. The average molecular weight is 313 g/mol. The predicted octanol–water partition coefficient (Wildman–Crippen LogP) is 4.05. The second-order valence-corrected chi connectivity index (χ2v) is 5.31. The second kappa shape index (κ2) is 6.37. The first-order valence-electron chi connectivity index (χ1n) is 6.28. The molecule has 0 saturated carbocycles. The minimum atomic E-state index is -0.349. The van der Waals surface area contributed by atoms with Gasteiger partial charge in [0.05, 0.1) is 5.92 Å². The van der Waals surface area contributed by atoms with E-state index < -0.39 is 0 Å². The van der Waals surface area contributed by atoms with E-state index in [0.717, 1.165) is 5.56 Å². The van der Waals surface area contributed by atoms with Crippen LogP contribution in [0, 0.1) is 0 Å². The molecule has 1 heterocycles. The number of Topliss-reactive ketones (excluding diaryl/α,β-unsaturated/α-hetero) is 1. The number of hydrogen-bond donors (Lipinski definition) is 0. The van der Waals surface area contributed by atoms with Crippen LogP contribution in [-0.2, 0) is 11.2 Å². The van der Waals surface area contributed by atoms with Crippen molar-refractivity contribution in [2.45, 2.75) is 32.6 Å². The van der Waals surface area contributed by atoms with Gasteiger partial charge >= 0.3 is 0 Å². The van der Waals surface area contributed by atoms with Crippen LogP contribution in [0.3, 0.4) is 0 Å². The van der Waals surface area contributed by atoms with Crippen molar-refractivity contribution in [3.8, 4) is 0 Å². The summed E-state index contributed by atoms with van der Waals surface area (Å²) in [7, 11) is 0. The van der Waals surface area contributed by atoms with Crippen LogP contribution >= 0.6 is 23.2 Å². The minimum Gasteiger partial charge on any atom is -0.339 e. The van der Waals surface area contributed by atoms with Gasteiger partial charge in [-0.2, -0.15) is 4.98 Å². The molecule has 0 spiro atoms. The van der Waals surface area contributed by atoms with Gasteiger partial charge in [0.25, 0.3) is 0 Å². The highest BCUT2D eigenvalue weighted by molar-refractivity contribution is 6.36. The molecule has 0 aliphatic heterocycles. The highest BCUT2D eigenvalue weighted by Crippen LogP contribution is 2.27. The van der Waals surface area contributed by atoms with Gasteiger partial charge in [0.15, 0.2) is 5.82 Å². The lowest BCUT2D eigenvalue weighted by atomic mass is 10.0. The third-order valence-corrected chi connectivity index (χ3v) is 3.79. The molecule has 1 unspecified atom stereocenters. The Hall–Kier alpha value is -1.39. The fourth-order valence-corrected chi connectivity index (χ4v) is 2.51. The minimum absolute atomic E-state index is 0.0125. The SMILES string of the molecule is CCC(C(C)=O)c1nc(Cc2c(Cl)cccc2Cl)no1. The highest BCUT2D eigenvalue weighted by atomic mass is 35.5.